The summed E-state index contributed by atoms with van der Waals surface area (Å²) in [4.78, 5) is 0. The van der Waals surface area contributed by atoms with E-state index in [-0.39, 0.29) is 12.0 Å². The van der Waals surface area contributed by atoms with Crippen molar-refractivity contribution in [1.82, 2.24) is 0 Å². The van der Waals surface area contributed by atoms with Gasteiger partial charge < -0.3 is 0 Å². The van der Waals surface area contributed by atoms with E-state index < -0.39 is 10.3 Å². The molecule has 5 heteroatoms. The van der Waals surface area contributed by atoms with Crippen molar-refractivity contribution in [3.63, 3.8) is 0 Å². The van der Waals surface area contributed by atoms with E-state index in [1.807, 2.05) is 18.2 Å². The zero-order chi connectivity index (χ0) is 15.3. The van der Waals surface area contributed by atoms with E-state index in [2.05, 4.69) is 19.1 Å². The lowest BCUT2D eigenvalue weighted by molar-refractivity contribution is 0.100. The highest BCUT2D eigenvalue weighted by molar-refractivity contribution is 7.84. The van der Waals surface area contributed by atoms with Gasteiger partial charge in [-0.25, -0.2) is 5.14 Å². The minimum atomic E-state index is -3.90. The number of rotatable bonds is 6. The molecule has 118 valence electrons. The number of hydrogen-bond donors (Lipinski definition) is 1. The van der Waals surface area contributed by atoms with Crippen molar-refractivity contribution in [1.29, 1.82) is 0 Å². The summed E-state index contributed by atoms with van der Waals surface area (Å²) in [5, 5.41) is 5.11. The van der Waals surface area contributed by atoms with E-state index in [9.17, 15) is 8.42 Å². The van der Waals surface area contributed by atoms with Crippen molar-refractivity contribution in [2.75, 3.05) is 0 Å². The van der Waals surface area contributed by atoms with Crippen molar-refractivity contribution in [2.24, 2.45) is 11.1 Å². The fourth-order valence-corrected chi connectivity index (χ4v) is 3.83. The van der Waals surface area contributed by atoms with Gasteiger partial charge in [0.1, 0.15) is 0 Å². The third-order valence-electron chi connectivity index (χ3n) is 4.39. The quantitative estimate of drug-likeness (QED) is 0.876. The Balaban J connectivity index is 2.07. The molecule has 1 saturated carbocycles. The molecule has 0 amide bonds. The predicted molar refractivity (Wildman–Crippen MR) is 84.0 cm³/mol. The second-order valence-corrected chi connectivity index (χ2v) is 7.25. The predicted octanol–water partition coefficient (Wildman–Crippen LogP) is 3.35. The van der Waals surface area contributed by atoms with E-state index in [1.54, 1.807) is 0 Å². The number of nitrogens with two attached hydrogens (primary N) is 1. The van der Waals surface area contributed by atoms with Crippen LogP contribution in [0.15, 0.2) is 30.3 Å². The first kappa shape index (κ1) is 16.5. The van der Waals surface area contributed by atoms with Crippen LogP contribution in [0.3, 0.4) is 0 Å². The van der Waals surface area contributed by atoms with Gasteiger partial charge in [0, 0.05) is 0 Å². The van der Waals surface area contributed by atoms with Crippen LogP contribution in [0, 0.1) is 5.92 Å². The normalized spacial score (nSPS) is 20.1. The van der Waals surface area contributed by atoms with E-state index >= 15 is 0 Å². The third kappa shape index (κ3) is 5.41. The Hall–Kier alpha value is -0.910. The van der Waals surface area contributed by atoms with E-state index in [1.165, 1.54) is 12.0 Å². The first-order chi connectivity index (χ1) is 9.96. The highest BCUT2D eigenvalue weighted by Crippen LogP contribution is 2.33. The molecule has 0 spiro atoms. The molecule has 1 aromatic carbocycles. The van der Waals surface area contributed by atoms with Crippen LogP contribution in [-0.4, -0.2) is 14.5 Å². The number of benzene rings is 1. The second kappa shape index (κ2) is 7.38. The topological polar surface area (TPSA) is 69.4 Å². The molecule has 0 heterocycles. The molecule has 1 aromatic rings. The zero-order valence-electron chi connectivity index (χ0n) is 12.6. The summed E-state index contributed by atoms with van der Waals surface area (Å²) in [6, 6.07) is 10.1. The maximum atomic E-state index is 11.4. The maximum Gasteiger partial charge on any atom is 0.333 e. The van der Waals surface area contributed by atoms with Crippen molar-refractivity contribution < 1.29 is 12.6 Å². The molecular formula is C16H25NO3S. The molecule has 2 atom stereocenters. The lowest BCUT2D eigenvalue weighted by Gasteiger charge is -2.31. The minimum Gasteiger partial charge on any atom is -0.255 e. The van der Waals surface area contributed by atoms with E-state index in [0.717, 1.165) is 25.7 Å². The van der Waals surface area contributed by atoms with E-state index in [4.69, 9.17) is 9.32 Å². The van der Waals surface area contributed by atoms with Crippen LogP contribution in [-0.2, 0) is 14.5 Å². The molecule has 2 unspecified atom stereocenters. The van der Waals surface area contributed by atoms with Gasteiger partial charge in [-0.2, -0.15) is 8.42 Å². The van der Waals surface area contributed by atoms with Gasteiger partial charge in [0.05, 0.1) is 6.10 Å². The van der Waals surface area contributed by atoms with Crippen LogP contribution in [0.2, 0.25) is 0 Å². The lowest BCUT2D eigenvalue weighted by atomic mass is 9.81. The largest absolute Gasteiger partial charge is 0.333 e. The molecule has 0 saturated heterocycles. The highest BCUT2D eigenvalue weighted by Gasteiger charge is 2.29. The van der Waals surface area contributed by atoms with Gasteiger partial charge in [-0.3, -0.25) is 4.18 Å². The van der Waals surface area contributed by atoms with Crippen LogP contribution in [0.25, 0.3) is 0 Å². The summed E-state index contributed by atoms with van der Waals surface area (Å²) in [7, 11) is -3.90. The summed E-state index contributed by atoms with van der Waals surface area (Å²) >= 11 is 0. The molecule has 1 aliphatic carbocycles. The molecule has 0 bridgehead atoms. The Kier molecular flexibility index (Phi) is 5.79. The standard InChI is InChI=1S/C16H25NO3S/c1-13(14-8-4-2-5-9-14)12-16(20-21(17,18)19)15-10-6-3-7-11-15/h2,4-5,8-9,13,15-16H,3,6-7,10-12H2,1H3,(H2,17,18,19). The van der Waals surface area contributed by atoms with Gasteiger partial charge >= 0.3 is 10.3 Å². The SMILES string of the molecule is CC(CC(OS(N)(=O)=O)C1CCCCC1)c1ccccc1. The third-order valence-corrected chi connectivity index (χ3v) is 4.90. The van der Waals surface area contributed by atoms with Gasteiger partial charge in [0.25, 0.3) is 0 Å². The lowest BCUT2D eigenvalue weighted by Crippen LogP contribution is -2.32. The Morgan fingerprint density at radius 1 is 1.19 bits per heavy atom. The van der Waals surface area contributed by atoms with Crippen LogP contribution < -0.4 is 5.14 Å². The first-order valence-electron chi connectivity index (χ1n) is 7.71. The zero-order valence-corrected chi connectivity index (χ0v) is 13.4. The van der Waals surface area contributed by atoms with Gasteiger partial charge in [-0.15, -0.1) is 0 Å². The molecule has 2 N–H and O–H groups in total. The Morgan fingerprint density at radius 3 is 2.38 bits per heavy atom. The molecular weight excluding hydrogens is 286 g/mol. The van der Waals surface area contributed by atoms with Crippen molar-refractivity contribution in [2.45, 2.75) is 57.5 Å². The van der Waals surface area contributed by atoms with E-state index in [0.29, 0.717) is 12.3 Å². The minimum absolute atomic E-state index is 0.250. The molecule has 1 aliphatic rings. The summed E-state index contributed by atoms with van der Waals surface area (Å²) in [5.74, 6) is 0.545. The molecule has 4 nitrogen and oxygen atoms in total. The van der Waals surface area contributed by atoms with Gasteiger partial charge in [-0.05, 0) is 36.7 Å². The van der Waals surface area contributed by atoms with Crippen LogP contribution in [0.4, 0.5) is 0 Å². The van der Waals surface area contributed by atoms with Crippen LogP contribution in [0.5, 0.6) is 0 Å². The molecule has 0 radical (unpaired) electrons. The molecule has 1 fully saturated rings. The maximum absolute atomic E-state index is 11.4. The van der Waals surface area contributed by atoms with Gasteiger partial charge in [0.2, 0.25) is 0 Å². The monoisotopic (exact) mass is 311 g/mol. The van der Waals surface area contributed by atoms with Crippen molar-refractivity contribution >= 4 is 10.3 Å². The summed E-state index contributed by atoms with van der Waals surface area (Å²) in [5.41, 5.74) is 1.20. The van der Waals surface area contributed by atoms with Crippen molar-refractivity contribution in [3.8, 4) is 0 Å². The average Bonchev–Trinajstić information content (AvgIpc) is 2.47. The summed E-state index contributed by atoms with van der Waals surface area (Å²) in [6.45, 7) is 2.11. The highest BCUT2D eigenvalue weighted by atomic mass is 32.2. The molecule has 0 aromatic heterocycles. The summed E-state index contributed by atoms with van der Waals surface area (Å²) in [6.07, 6.45) is 5.96. The Labute approximate surface area is 127 Å². The number of hydrogen-bond acceptors (Lipinski definition) is 3. The first-order valence-corrected chi connectivity index (χ1v) is 9.19. The Morgan fingerprint density at radius 2 is 1.81 bits per heavy atom. The van der Waals surface area contributed by atoms with Gasteiger partial charge in [-0.1, -0.05) is 56.5 Å². The van der Waals surface area contributed by atoms with Crippen molar-refractivity contribution in [3.05, 3.63) is 35.9 Å². The second-order valence-electron chi connectivity index (χ2n) is 6.07. The molecule has 2 rings (SSSR count). The Bertz CT molecular complexity index is 524. The smallest absolute Gasteiger partial charge is 0.255 e. The average molecular weight is 311 g/mol. The fourth-order valence-electron chi connectivity index (χ4n) is 3.25. The van der Waals surface area contributed by atoms with Gasteiger partial charge in [0.15, 0.2) is 0 Å². The molecule has 0 aliphatic heterocycles. The molecule has 21 heavy (non-hydrogen) atoms. The van der Waals surface area contributed by atoms with Crippen LogP contribution in [0.1, 0.15) is 56.9 Å². The van der Waals surface area contributed by atoms with Crippen LogP contribution >= 0.6 is 0 Å². The summed E-state index contributed by atoms with van der Waals surface area (Å²) < 4.78 is 27.9. The fraction of sp³-hybridized carbons (Fsp3) is 0.625.